The fourth-order valence-corrected chi connectivity index (χ4v) is 3.89. The maximum Gasteiger partial charge on any atom is 0.437 e. The molecular formula is C20H22N4O3. The Kier molecular flexibility index (Phi) is 4.51. The number of aromatic nitrogens is 3. The van der Waals surface area contributed by atoms with Crippen molar-refractivity contribution < 1.29 is 9.21 Å². The first-order valence-corrected chi connectivity index (χ1v) is 9.21. The monoisotopic (exact) mass is 366 g/mol. The first-order valence-electron chi connectivity index (χ1n) is 9.21. The molecule has 0 saturated carbocycles. The third kappa shape index (κ3) is 3.49. The van der Waals surface area contributed by atoms with Crippen molar-refractivity contribution in [1.82, 2.24) is 19.7 Å². The molecule has 1 aliphatic rings. The standard InChI is InChI=1S/C20H22N4O3/c1-13-9-14(2)11-23(10-13)17(25)12-24-20(26)27-19(22-24)18-16-6-4-3-5-15(16)7-8-21-18/h3-8,13-14H,9-12H2,1-2H3/t13-,14-/m0/s1. The Morgan fingerprint density at radius 3 is 2.70 bits per heavy atom. The highest BCUT2D eigenvalue weighted by Gasteiger charge is 2.26. The molecule has 2 aromatic heterocycles. The molecule has 0 radical (unpaired) electrons. The molecule has 27 heavy (non-hydrogen) atoms. The average molecular weight is 366 g/mol. The number of carbonyl (C=O) groups excluding carboxylic acids is 1. The largest absolute Gasteiger partial charge is 0.437 e. The van der Waals surface area contributed by atoms with Crippen LogP contribution in [0.2, 0.25) is 0 Å². The minimum absolute atomic E-state index is 0.110. The van der Waals surface area contributed by atoms with Crippen LogP contribution in [0.3, 0.4) is 0 Å². The molecule has 3 aromatic rings. The normalized spacial score (nSPS) is 20.1. The zero-order chi connectivity index (χ0) is 19.0. The van der Waals surface area contributed by atoms with Crippen molar-refractivity contribution >= 4 is 16.7 Å². The van der Waals surface area contributed by atoms with Gasteiger partial charge in [0, 0.05) is 24.7 Å². The number of hydrogen-bond donors (Lipinski definition) is 0. The highest BCUT2D eigenvalue weighted by atomic mass is 16.4. The van der Waals surface area contributed by atoms with E-state index in [0.29, 0.717) is 30.6 Å². The van der Waals surface area contributed by atoms with Crippen molar-refractivity contribution in [3.63, 3.8) is 0 Å². The SMILES string of the molecule is C[C@H]1C[C@H](C)CN(C(=O)Cn2nc(-c3nccc4ccccc34)oc2=O)C1. The molecule has 0 aliphatic carbocycles. The number of likely N-dealkylation sites (tertiary alicyclic amines) is 1. The number of fused-ring (bicyclic) bond motifs is 1. The number of rotatable bonds is 3. The van der Waals surface area contributed by atoms with E-state index < -0.39 is 5.76 Å². The van der Waals surface area contributed by atoms with E-state index in [4.69, 9.17) is 4.42 Å². The fraction of sp³-hybridized carbons (Fsp3) is 0.400. The molecule has 1 amide bonds. The average Bonchev–Trinajstić information content (AvgIpc) is 3.00. The Morgan fingerprint density at radius 2 is 1.93 bits per heavy atom. The van der Waals surface area contributed by atoms with E-state index in [1.54, 1.807) is 6.20 Å². The van der Waals surface area contributed by atoms with Crippen molar-refractivity contribution in [3.8, 4) is 11.6 Å². The van der Waals surface area contributed by atoms with E-state index in [0.717, 1.165) is 21.9 Å². The van der Waals surface area contributed by atoms with Crippen LogP contribution in [0.1, 0.15) is 20.3 Å². The van der Waals surface area contributed by atoms with E-state index in [1.807, 2.05) is 35.2 Å². The van der Waals surface area contributed by atoms with Crippen LogP contribution in [0.15, 0.2) is 45.7 Å². The van der Waals surface area contributed by atoms with Gasteiger partial charge >= 0.3 is 5.76 Å². The van der Waals surface area contributed by atoms with Crippen LogP contribution in [-0.2, 0) is 11.3 Å². The maximum absolute atomic E-state index is 12.6. The lowest BCUT2D eigenvalue weighted by atomic mass is 9.92. The van der Waals surface area contributed by atoms with Crippen LogP contribution in [0, 0.1) is 11.8 Å². The second-order valence-corrected chi connectivity index (χ2v) is 7.46. The van der Waals surface area contributed by atoms with Crippen LogP contribution in [-0.4, -0.2) is 38.7 Å². The van der Waals surface area contributed by atoms with Gasteiger partial charge in [-0.15, -0.1) is 5.10 Å². The number of nitrogens with zero attached hydrogens (tertiary/aromatic N) is 4. The summed E-state index contributed by atoms with van der Waals surface area (Å²) in [5.41, 5.74) is 0.497. The Bertz CT molecular complexity index is 1020. The van der Waals surface area contributed by atoms with E-state index in [9.17, 15) is 9.59 Å². The van der Waals surface area contributed by atoms with Gasteiger partial charge in [0.1, 0.15) is 12.2 Å². The fourth-order valence-electron chi connectivity index (χ4n) is 3.89. The molecule has 7 heteroatoms. The topological polar surface area (TPSA) is 81.2 Å². The zero-order valence-electron chi connectivity index (χ0n) is 15.5. The van der Waals surface area contributed by atoms with E-state index in [-0.39, 0.29) is 18.3 Å². The quantitative estimate of drug-likeness (QED) is 0.712. The third-order valence-corrected chi connectivity index (χ3v) is 4.99. The number of benzene rings is 1. The minimum Gasteiger partial charge on any atom is -0.386 e. The summed E-state index contributed by atoms with van der Waals surface area (Å²) < 4.78 is 6.39. The molecule has 140 valence electrons. The highest BCUT2D eigenvalue weighted by Crippen LogP contribution is 2.24. The van der Waals surface area contributed by atoms with Crippen LogP contribution in [0.4, 0.5) is 0 Å². The molecule has 7 nitrogen and oxygen atoms in total. The van der Waals surface area contributed by atoms with Gasteiger partial charge in [-0.3, -0.25) is 9.78 Å². The summed E-state index contributed by atoms with van der Waals surface area (Å²) in [5.74, 6) is 0.293. The lowest BCUT2D eigenvalue weighted by Crippen LogP contribution is -2.44. The molecule has 0 N–H and O–H groups in total. The molecule has 1 saturated heterocycles. The molecule has 1 aliphatic heterocycles. The van der Waals surface area contributed by atoms with Crippen molar-refractivity contribution in [2.45, 2.75) is 26.8 Å². The van der Waals surface area contributed by atoms with Crippen LogP contribution in [0.25, 0.3) is 22.4 Å². The van der Waals surface area contributed by atoms with Crippen LogP contribution in [0.5, 0.6) is 0 Å². The lowest BCUT2D eigenvalue weighted by Gasteiger charge is -2.34. The second-order valence-electron chi connectivity index (χ2n) is 7.46. The predicted octanol–water partition coefficient (Wildman–Crippen LogP) is 2.56. The zero-order valence-corrected chi connectivity index (χ0v) is 15.5. The summed E-state index contributed by atoms with van der Waals surface area (Å²) in [4.78, 5) is 31.0. The third-order valence-electron chi connectivity index (χ3n) is 4.99. The van der Waals surface area contributed by atoms with Gasteiger partial charge in [-0.1, -0.05) is 38.1 Å². The van der Waals surface area contributed by atoms with Gasteiger partial charge in [0.25, 0.3) is 5.89 Å². The molecule has 3 heterocycles. The number of amides is 1. The van der Waals surface area contributed by atoms with Crippen LogP contribution >= 0.6 is 0 Å². The van der Waals surface area contributed by atoms with Gasteiger partial charge in [-0.2, -0.15) is 4.68 Å². The molecule has 1 fully saturated rings. The Morgan fingerprint density at radius 1 is 1.19 bits per heavy atom. The Labute approximate surface area is 156 Å². The van der Waals surface area contributed by atoms with E-state index >= 15 is 0 Å². The first kappa shape index (κ1) is 17.5. The summed E-state index contributed by atoms with van der Waals surface area (Å²) in [7, 11) is 0. The van der Waals surface area contributed by atoms with E-state index in [2.05, 4.69) is 23.9 Å². The van der Waals surface area contributed by atoms with Gasteiger partial charge in [-0.05, 0) is 29.7 Å². The number of hydrogen-bond acceptors (Lipinski definition) is 5. The summed E-state index contributed by atoms with van der Waals surface area (Å²) in [5, 5.41) is 6.06. The number of piperidine rings is 1. The second kappa shape index (κ2) is 6.98. The smallest absolute Gasteiger partial charge is 0.386 e. The van der Waals surface area contributed by atoms with Gasteiger partial charge in [0.2, 0.25) is 5.91 Å². The van der Waals surface area contributed by atoms with Crippen molar-refractivity contribution in [3.05, 3.63) is 47.1 Å². The molecule has 1 aromatic carbocycles. The molecule has 0 spiro atoms. The summed E-state index contributed by atoms with van der Waals surface area (Å²) in [6.07, 6.45) is 2.77. The first-order chi connectivity index (χ1) is 13.0. The highest BCUT2D eigenvalue weighted by molar-refractivity contribution is 5.92. The summed E-state index contributed by atoms with van der Waals surface area (Å²) >= 11 is 0. The van der Waals surface area contributed by atoms with Gasteiger partial charge in [0.05, 0.1) is 0 Å². The molecular weight excluding hydrogens is 344 g/mol. The van der Waals surface area contributed by atoms with Crippen molar-refractivity contribution in [2.24, 2.45) is 11.8 Å². The van der Waals surface area contributed by atoms with Gasteiger partial charge in [-0.25, -0.2) is 4.79 Å². The summed E-state index contributed by atoms with van der Waals surface area (Å²) in [6.45, 7) is 5.60. The molecule has 0 bridgehead atoms. The molecule has 0 unspecified atom stereocenters. The Hall–Kier alpha value is -2.96. The van der Waals surface area contributed by atoms with Gasteiger partial charge in [0.15, 0.2) is 0 Å². The minimum atomic E-state index is -0.647. The number of carbonyl (C=O) groups is 1. The summed E-state index contributed by atoms with van der Waals surface area (Å²) in [6, 6.07) is 9.57. The van der Waals surface area contributed by atoms with Gasteiger partial charge < -0.3 is 9.32 Å². The van der Waals surface area contributed by atoms with Crippen LogP contribution < -0.4 is 5.76 Å². The maximum atomic E-state index is 12.6. The Balaban J connectivity index is 1.60. The molecule has 4 rings (SSSR count). The molecule has 2 atom stereocenters. The van der Waals surface area contributed by atoms with Crippen molar-refractivity contribution in [1.29, 1.82) is 0 Å². The lowest BCUT2D eigenvalue weighted by molar-refractivity contribution is -0.134. The number of pyridine rings is 1. The van der Waals surface area contributed by atoms with Crippen molar-refractivity contribution in [2.75, 3.05) is 13.1 Å². The van der Waals surface area contributed by atoms with E-state index in [1.165, 1.54) is 0 Å². The predicted molar refractivity (Wildman–Crippen MR) is 101 cm³/mol.